The molecule has 0 bridgehead atoms. The van der Waals surface area contributed by atoms with Crippen molar-refractivity contribution >= 4 is 17.8 Å². The predicted molar refractivity (Wildman–Crippen MR) is 49.6 cm³/mol. The summed E-state index contributed by atoms with van der Waals surface area (Å²) in [6.07, 6.45) is 2.90. The van der Waals surface area contributed by atoms with Crippen LogP contribution in [0.5, 0.6) is 0 Å². The Kier molecular flexibility index (Phi) is 3.50. The SMILES string of the molecule is CC(N=C=O)c1[c]cc(N=C=O)cc1. The first-order chi connectivity index (χ1) is 6.77. The molecule has 0 aromatic heterocycles. The van der Waals surface area contributed by atoms with Crippen LogP contribution in [0.4, 0.5) is 5.69 Å². The average molecular weight is 187 g/mol. The van der Waals surface area contributed by atoms with Gasteiger partial charge in [0.2, 0.25) is 12.2 Å². The normalized spacial score (nSPS) is 10.9. The molecule has 1 atom stereocenters. The first-order valence-corrected chi connectivity index (χ1v) is 3.94. The van der Waals surface area contributed by atoms with Gasteiger partial charge in [0.05, 0.1) is 11.7 Å². The van der Waals surface area contributed by atoms with E-state index in [2.05, 4.69) is 16.1 Å². The molecule has 0 saturated heterocycles. The number of carbonyl (C=O) groups excluding carboxylic acids is 2. The molecule has 1 aromatic rings. The van der Waals surface area contributed by atoms with Gasteiger partial charge in [0.1, 0.15) is 0 Å². The minimum Gasteiger partial charge on any atom is -0.211 e. The maximum absolute atomic E-state index is 9.98. The van der Waals surface area contributed by atoms with E-state index >= 15 is 0 Å². The van der Waals surface area contributed by atoms with Gasteiger partial charge in [-0.3, -0.25) is 0 Å². The summed E-state index contributed by atoms with van der Waals surface area (Å²) in [5.74, 6) is 0. The summed E-state index contributed by atoms with van der Waals surface area (Å²) in [6, 6.07) is 7.45. The van der Waals surface area contributed by atoms with E-state index in [1.165, 1.54) is 18.2 Å². The highest BCUT2D eigenvalue weighted by Gasteiger charge is 2.02. The van der Waals surface area contributed by atoms with Crippen molar-refractivity contribution in [3.05, 3.63) is 29.8 Å². The first kappa shape index (κ1) is 10.1. The lowest BCUT2D eigenvalue weighted by Crippen LogP contribution is -1.87. The van der Waals surface area contributed by atoms with Crippen molar-refractivity contribution in [1.82, 2.24) is 0 Å². The van der Waals surface area contributed by atoms with Crippen molar-refractivity contribution < 1.29 is 9.59 Å². The molecule has 1 unspecified atom stereocenters. The fourth-order valence-corrected chi connectivity index (χ4v) is 0.959. The van der Waals surface area contributed by atoms with E-state index in [1.54, 1.807) is 19.1 Å². The van der Waals surface area contributed by atoms with Gasteiger partial charge in [-0.15, -0.1) is 0 Å². The molecule has 4 nitrogen and oxygen atoms in total. The van der Waals surface area contributed by atoms with Crippen molar-refractivity contribution in [1.29, 1.82) is 0 Å². The van der Waals surface area contributed by atoms with Crippen molar-refractivity contribution in [2.24, 2.45) is 9.98 Å². The molecule has 0 fully saturated rings. The maximum Gasteiger partial charge on any atom is 0.240 e. The highest BCUT2D eigenvalue weighted by Crippen LogP contribution is 2.18. The Balaban J connectivity index is 2.92. The zero-order chi connectivity index (χ0) is 10.4. The summed E-state index contributed by atoms with van der Waals surface area (Å²) in [5.41, 5.74) is 1.23. The second-order valence-electron chi connectivity index (χ2n) is 2.60. The standard InChI is InChI=1S/C10H7N2O2/c1-8(11-6-13)9-2-4-10(5-3-9)12-7-14/h2,4-5,8H,1H3. The van der Waals surface area contributed by atoms with Crippen molar-refractivity contribution in [3.63, 3.8) is 0 Å². The molecular formula is C10H7N2O2. The molecular weight excluding hydrogens is 180 g/mol. The summed E-state index contributed by atoms with van der Waals surface area (Å²) in [4.78, 5) is 26.8. The molecule has 0 aliphatic heterocycles. The van der Waals surface area contributed by atoms with Crippen LogP contribution in [-0.4, -0.2) is 12.2 Å². The van der Waals surface area contributed by atoms with E-state index in [9.17, 15) is 9.59 Å². The van der Waals surface area contributed by atoms with E-state index in [1.807, 2.05) is 0 Å². The molecule has 1 aromatic carbocycles. The Morgan fingerprint density at radius 1 is 1.36 bits per heavy atom. The molecule has 0 saturated carbocycles. The zero-order valence-corrected chi connectivity index (χ0v) is 7.52. The Hall–Kier alpha value is -2.02. The molecule has 0 N–H and O–H groups in total. The van der Waals surface area contributed by atoms with Crippen LogP contribution in [-0.2, 0) is 9.59 Å². The molecule has 0 amide bonds. The lowest BCUT2D eigenvalue weighted by molar-refractivity contribution is 0.559. The molecule has 0 aliphatic rings. The number of aliphatic imine (C=N–C) groups is 2. The minimum atomic E-state index is -0.276. The molecule has 0 heterocycles. The number of hydrogen-bond acceptors (Lipinski definition) is 4. The van der Waals surface area contributed by atoms with Gasteiger partial charge >= 0.3 is 0 Å². The summed E-state index contributed by atoms with van der Waals surface area (Å²) in [5, 5.41) is 0. The summed E-state index contributed by atoms with van der Waals surface area (Å²) < 4.78 is 0. The predicted octanol–water partition coefficient (Wildman–Crippen LogP) is 1.85. The van der Waals surface area contributed by atoms with Crippen molar-refractivity contribution in [2.45, 2.75) is 13.0 Å². The minimum absolute atomic E-state index is 0.276. The average Bonchev–Trinajstić information content (AvgIpc) is 2.20. The van der Waals surface area contributed by atoms with Crippen LogP contribution in [0, 0.1) is 6.07 Å². The molecule has 1 radical (unpaired) electrons. The molecule has 1 rings (SSSR count). The number of nitrogens with zero attached hydrogens (tertiary/aromatic N) is 2. The van der Waals surface area contributed by atoms with Gasteiger partial charge in [-0.25, -0.2) is 9.59 Å². The third-order valence-electron chi connectivity index (χ3n) is 1.69. The van der Waals surface area contributed by atoms with Crippen LogP contribution in [0.25, 0.3) is 0 Å². The monoisotopic (exact) mass is 187 g/mol. The molecule has 14 heavy (non-hydrogen) atoms. The number of benzene rings is 1. The van der Waals surface area contributed by atoms with Crippen LogP contribution < -0.4 is 0 Å². The number of rotatable bonds is 3. The highest BCUT2D eigenvalue weighted by molar-refractivity contribution is 5.49. The topological polar surface area (TPSA) is 58.9 Å². The molecule has 0 spiro atoms. The van der Waals surface area contributed by atoms with Gasteiger partial charge < -0.3 is 0 Å². The third-order valence-corrected chi connectivity index (χ3v) is 1.69. The third kappa shape index (κ3) is 2.49. The van der Waals surface area contributed by atoms with Crippen LogP contribution >= 0.6 is 0 Å². The van der Waals surface area contributed by atoms with E-state index in [0.717, 1.165) is 5.56 Å². The number of hydrogen-bond donors (Lipinski definition) is 0. The lowest BCUT2D eigenvalue weighted by atomic mass is 10.1. The van der Waals surface area contributed by atoms with Gasteiger partial charge in [0.25, 0.3) is 0 Å². The second kappa shape index (κ2) is 4.87. The Morgan fingerprint density at radius 2 is 2.14 bits per heavy atom. The largest absolute Gasteiger partial charge is 0.240 e. The quantitative estimate of drug-likeness (QED) is 0.535. The van der Waals surface area contributed by atoms with Crippen molar-refractivity contribution in [3.8, 4) is 0 Å². The van der Waals surface area contributed by atoms with E-state index < -0.39 is 0 Å². The Morgan fingerprint density at radius 3 is 2.64 bits per heavy atom. The molecule has 4 heteroatoms. The summed E-state index contributed by atoms with van der Waals surface area (Å²) >= 11 is 0. The fraction of sp³-hybridized carbons (Fsp3) is 0.200. The zero-order valence-electron chi connectivity index (χ0n) is 7.52. The van der Waals surface area contributed by atoms with Crippen LogP contribution in [0.2, 0.25) is 0 Å². The fourth-order valence-electron chi connectivity index (χ4n) is 0.959. The maximum atomic E-state index is 9.98. The van der Waals surface area contributed by atoms with E-state index in [-0.39, 0.29) is 6.04 Å². The second-order valence-corrected chi connectivity index (χ2v) is 2.60. The smallest absolute Gasteiger partial charge is 0.211 e. The van der Waals surface area contributed by atoms with Crippen LogP contribution in [0.1, 0.15) is 18.5 Å². The summed E-state index contributed by atoms with van der Waals surface area (Å²) in [7, 11) is 0. The number of isocyanates is 2. The van der Waals surface area contributed by atoms with Crippen molar-refractivity contribution in [2.75, 3.05) is 0 Å². The van der Waals surface area contributed by atoms with Crippen LogP contribution in [0.15, 0.2) is 28.2 Å². The van der Waals surface area contributed by atoms with E-state index in [0.29, 0.717) is 5.69 Å². The Labute approximate surface area is 81.0 Å². The lowest BCUT2D eigenvalue weighted by Gasteiger charge is -2.02. The molecule has 0 aliphatic carbocycles. The first-order valence-electron chi connectivity index (χ1n) is 3.94. The van der Waals surface area contributed by atoms with Gasteiger partial charge in [-0.2, -0.15) is 9.98 Å². The molecule has 69 valence electrons. The van der Waals surface area contributed by atoms with Gasteiger partial charge in [0.15, 0.2) is 0 Å². The van der Waals surface area contributed by atoms with Gasteiger partial charge in [0, 0.05) is 0 Å². The van der Waals surface area contributed by atoms with Crippen LogP contribution in [0.3, 0.4) is 0 Å². The Bertz CT molecular complexity index is 399. The van der Waals surface area contributed by atoms with E-state index in [4.69, 9.17) is 0 Å². The van der Waals surface area contributed by atoms with Gasteiger partial charge in [-0.1, -0.05) is 6.07 Å². The highest BCUT2D eigenvalue weighted by atomic mass is 16.1. The summed E-state index contributed by atoms with van der Waals surface area (Å²) in [6.45, 7) is 1.75. The van der Waals surface area contributed by atoms with Gasteiger partial charge in [-0.05, 0) is 30.7 Å².